The number of nitrogens with zero attached hydrogens (tertiary/aromatic N) is 3. The minimum atomic E-state index is -0.424. The molecular weight excluding hydrogens is 386 g/mol. The molecule has 1 amide bonds. The van der Waals surface area contributed by atoms with Gasteiger partial charge in [0.2, 0.25) is 5.78 Å². The Bertz CT molecular complexity index is 1090. The van der Waals surface area contributed by atoms with Gasteiger partial charge in [0.05, 0.1) is 5.52 Å². The average molecular weight is 416 g/mol. The van der Waals surface area contributed by atoms with Crippen molar-refractivity contribution in [3.8, 4) is 0 Å². The minimum absolute atomic E-state index is 0.0154. The number of hydrogen-bond acceptors (Lipinski definition) is 4. The second-order valence-electron chi connectivity index (χ2n) is 9.22. The van der Waals surface area contributed by atoms with Crippen molar-refractivity contribution in [2.75, 3.05) is 26.2 Å². The normalized spacial score (nSPS) is 15.3. The first-order valence-electron chi connectivity index (χ1n) is 10.8. The number of para-hydroxylation sites is 1. The van der Waals surface area contributed by atoms with Crippen LogP contribution in [0, 0.1) is 0 Å². The predicted molar refractivity (Wildman–Crippen MR) is 123 cm³/mol. The van der Waals surface area contributed by atoms with E-state index in [0.29, 0.717) is 18.7 Å². The highest BCUT2D eigenvalue weighted by atomic mass is 16.2. The summed E-state index contributed by atoms with van der Waals surface area (Å²) >= 11 is 0. The second-order valence-corrected chi connectivity index (χ2v) is 9.22. The van der Waals surface area contributed by atoms with Crippen LogP contribution in [-0.2, 0) is 16.8 Å². The molecule has 160 valence electrons. The van der Waals surface area contributed by atoms with Crippen molar-refractivity contribution in [1.82, 2.24) is 14.8 Å². The molecule has 31 heavy (non-hydrogen) atoms. The zero-order chi connectivity index (χ0) is 22.0. The Labute approximate surface area is 183 Å². The van der Waals surface area contributed by atoms with Crippen molar-refractivity contribution in [3.05, 3.63) is 77.5 Å². The van der Waals surface area contributed by atoms with Crippen molar-refractivity contribution in [2.45, 2.75) is 32.7 Å². The maximum absolute atomic E-state index is 12.8. The van der Waals surface area contributed by atoms with Gasteiger partial charge in [0.1, 0.15) is 0 Å². The number of pyridine rings is 1. The molecule has 0 bridgehead atoms. The highest BCUT2D eigenvalue weighted by molar-refractivity contribution is 6.42. The Kier molecular flexibility index (Phi) is 5.88. The third-order valence-electron chi connectivity index (χ3n) is 5.98. The number of aromatic nitrogens is 1. The van der Waals surface area contributed by atoms with Crippen LogP contribution in [0.5, 0.6) is 0 Å². The number of ketones is 1. The maximum Gasteiger partial charge on any atom is 0.295 e. The first-order chi connectivity index (χ1) is 14.8. The molecule has 1 aromatic heterocycles. The zero-order valence-electron chi connectivity index (χ0n) is 18.5. The minimum Gasteiger partial charge on any atom is -0.333 e. The third kappa shape index (κ3) is 4.67. The quantitative estimate of drug-likeness (QED) is 0.476. The van der Waals surface area contributed by atoms with Crippen molar-refractivity contribution in [2.24, 2.45) is 0 Å². The molecule has 0 aliphatic carbocycles. The number of rotatable bonds is 4. The van der Waals surface area contributed by atoms with E-state index in [4.69, 9.17) is 0 Å². The van der Waals surface area contributed by atoms with E-state index >= 15 is 0 Å². The average Bonchev–Trinajstić information content (AvgIpc) is 2.78. The zero-order valence-corrected chi connectivity index (χ0v) is 18.5. The Balaban J connectivity index is 1.37. The molecule has 3 aromatic rings. The Hall–Kier alpha value is -3.05. The van der Waals surface area contributed by atoms with E-state index in [1.165, 1.54) is 5.56 Å². The molecule has 0 spiro atoms. The van der Waals surface area contributed by atoms with Gasteiger partial charge in [-0.2, -0.15) is 0 Å². The Morgan fingerprint density at radius 3 is 2.26 bits per heavy atom. The van der Waals surface area contributed by atoms with Crippen LogP contribution in [0.4, 0.5) is 0 Å². The number of fused-ring (bicyclic) bond motifs is 1. The van der Waals surface area contributed by atoms with E-state index in [-0.39, 0.29) is 5.41 Å². The number of hydrogen-bond donors (Lipinski definition) is 0. The van der Waals surface area contributed by atoms with E-state index in [2.05, 4.69) is 54.9 Å². The van der Waals surface area contributed by atoms with Gasteiger partial charge in [0.15, 0.2) is 0 Å². The molecule has 2 heterocycles. The Morgan fingerprint density at radius 1 is 0.903 bits per heavy atom. The van der Waals surface area contributed by atoms with Gasteiger partial charge in [-0.3, -0.25) is 19.5 Å². The predicted octanol–water partition coefficient (Wildman–Crippen LogP) is 4.06. The highest BCUT2D eigenvalue weighted by Gasteiger charge is 2.27. The number of carbonyl (C=O) groups excluding carboxylic acids is 2. The fourth-order valence-electron chi connectivity index (χ4n) is 4.03. The van der Waals surface area contributed by atoms with E-state index in [9.17, 15) is 9.59 Å². The summed E-state index contributed by atoms with van der Waals surface area (Å²) in [5, 5.41) is 1.14. The van der Waals surface area contributed by atoms with Crippen molar-refractivity contribution in [1.29, 1.82) is 0 Å². The summed E-state index contributed by atoms with van der Waals surface area (Å²) in [5.74, 6) is -0.831. The number of Topliss-reactive ketones (excluding diaryl/α,β-unsaturated/α-hetero) is 1. The smallest absolute Gasteiger partial charge is 0.295 e. The molecule has 0 unspecified atom stereocenters. The first kappa shape index (κ1) is 21.2. The lowest BCUT2D eigenvalue weighted by Crippen LogP contribution is -2.50. The molecule has 1 aliphatic heterocycles. The SMILES string of the molecule is CC(C)(C)c1ccc(C(=O)C(=O)N2CCN(Cc3cccc4cccnc34)CC2)cc1. The summed E-state index contributed by atoms with van der Waals surface area (Å²) in [6.45, 7) is 9.77. The second kappa shape index (κ2) is 8.60. The summed E-state index contributed by atoms with van der Waals surface area (Å²) in [6.07, 6.45) is 1.82. The van der Waals surface area contributed by atoms with E-state index in [1.54, 1.807) is 17.0 Å². The fourth-order valence-corrected chi connectivity index (χ4v) is 4.03. The fraction of sp³-hybridized carbons (Fsp3) is 0.346. The van der Waals surface area contributed by atoms with Gasteiger partial charge in [-0.1, -0.05) is 69.3 Å². The van der Waals surface area contributed by atoms with Gasteiger partial charge in [0, 0.05) is 49.9 Å². The molecular formula is C26H29N3O2. The lowest BCUT2D eigenvalue weighted by molar-refractivity contribution is -0.128. The monoisotopic (exact) mass is 415 g/mol. The van der Waals surface area contributed by atoms with Crippen LogP contribution in [0.15, 0.2) is 60.8 Å². The van der Waals surface area contributed by atoms with Crippen LogP contribution in [0.2, 0.25) is 0 Å². The molecule has 0 atom stereocenters. The van der Waals surface area contributed by atoms with Crippen LogP contribution in [0.3, 0.4) is 0 Å². The van der Waals surface area contributed by atoms with Crippen LogP contribution >= 0.6 is 0 Å². The summed E-state index contributed by atoms with van der Waals surface area (Å²) in [7, 11) is 0. The molecule has 1 saturated heterocycles. The maximum atomic E-state index is 12.8. The number of carbonyl (C=O) groups is 2. The molecule has 0 radical (unpaired) electrons. The summed E-state index contributed by atoms with van der Waals surface area (Å²) in [5.41, 5.74) is 3.84. The molecule has 0 saturated carbocycles. The van der Waals surface area contributed by atoms with Gasteiger partial charge in [-0.25, -0.2) is 0 Å². The van der Waals surface area contributed by atoms with E-state index in [1.807, 2.05) is 24.4 Å². The van der Waals surface area contributed by atoms with E-state index in [0.717, 1.165) is 36.1 Å². The summed E-state index contributed by atoms with van der Waals surface area (Å²) in [6, 6.07) is 17.7. The van der Waals surface area contributed by atoms with Crippen LogP contribution in [-0.4, -0.2) is 52.7 Å². The molecule has 5 nitrogen and oxygen atoms in total. The van der Waals surface area contributed by atoms with Gasteiger partial charge in [-0.05, 0) is 22.6 Å². The molecule has 5 heteroatoms. The van der Waals surface area contributed by atoms with Crippen LogP contribution in [0.25, 0.3) is 10.9 Å². The van der Waals surface area contributed by atoms with Crippen LogP contribution < -0.4 is 0 Å². The van der Waals surface area contributed by atoms with Gasteiger partial charge in [-0.15, -0.1) is 0 Å². The summed E-state index contributed by atoms with van der Waals surface area (Å²) < 4.78 is 0. The standard InChI is InChI=1S/C26H29N3O2/c1-26(2,3)22-11-9-20(10-12-22)24(30)25(31)29-16-14-28(15-17-29)18-21-7-4-6-19-8-5-13-27-23(19)21/h4-13H,14-18H2,1-3H3. The van der Waals surface area contributed by atoms with Crippen molar-refractivity contribution < 1.29 is 9.59 Å². The largest absolute Gasteiger partial charge is 0.333 e. The molecule has 2 aromatic carbocycles. The molecule has 0 N–H and O–H groups in total. The van der Waals surface area contributed by atoms with Crippen molar-refractivity contribution >= 4 is 22.6 Å². The Morgan fingerprint density at radius 2 is 1.58 bits per heavy atom. The van der Waals surface area contributed by atoms with Gasteiger partial charge in [0.25, 0.3) is 5.91 Å². The topological polar surface area (TPSA) is 53.5 Å². The lowest BCUT2D eigenvalue weighted by Gasteiger charge is -2.34. The molecule has 1 aliphatic rings. The van der Waals surface area contributed by atoms with Gasteiger partial charge >= 0.3 is 0 Å². The lowest BCUT2D eigenvalue weighted by atomic mass is 9.86. The van der Waals surface area contributed by atoms with E-state index < -0.39 is 11.7 Å². The molecule has 1 fully saturated rings. The number of piperazine rings is 1. The van der Waals surface area contributed by atoms with Crippen molar-refractivity contribution in [3.63, 3.8) is 0 Å². The molecule has 4 rings (SSSR count). The number of amides is 1. The van der Waals surface area contributed by atoms with Gasteiger partial charge < -0.3 is 4.90 Å². The first-order valence-corrected chi connectivity index (χ1v) is 10.8. The van der Waals surface area contributed by atoms with Crippen LogP contribution in [0.1, 0.15) is 42.3 Å². The highest BCUT2D eigenvalue weighted by Crippen LogP contribution is 2.23. The number of benzene rings is 2. The third-order valence-corrected chi connectivity index (χ3v) is 5.98. The summed E-state index contributed by atoms with van der Waals surface area (Å²) in [4.78, 5) is 34.0.